The van der Waals surface area contributed by atoms with Gasteiger partial charge in [-0.05, 0) is 56.5 Å². The van der Waals surface area contributed by atoms with E-state index < -0.39 is 0 Å². The third-order valence-electron chi connectivity index (χ3n) is 7.70. The molecule has 0 N–H and O–H groups in total. The minimum Gasteiger partial charge on any atom is -0.494 e. The van der Waals surface area contributed by atoms with Gasteiger partial charge in [-0.1, -0.05) is 74.9 Å². The second-order valence-electron chi connectivity index (χ2n) is 10.9. The number of carbonyl (C=O) groups excluding carboxylic acids is 2. The van der Waals surface area contributed by atoms with Gasteiger partial charge in [-0.25, -0.2) is 0 Å². The topological polar surface area (TPSA) is 62.3 Å². The lowest BCUT2D eigenvalue weighted by Crippen LogP contribution is -2.46. The molecule has 1 heterocycles. The molecule has 0 bridgehead atoms. The number of halogens is 2. The van der Waals surface area contributed by atoms with Crippen LogP contribution in [-0.2, 0) is 14.3 Å². The SMILES string of the molecule is CCCCCCCC(=O)OCN(C(=O)CC)c1cc(OCCCCN2CCN(c3cccc(Cl)c3Cl)CC2)ccc1C. The van der Waals surface area contributed by atoms with Crippen molar-refractivity contribution in [1.29, 1.82) is 0 Å². The Bertz CT molecular complexity index is 1140. The normalized spacial score (nSPS) is 13.7. The van der Waals surface area contributed by atoms with Gasteiger partial charge in [-0.2, -0.15) is 0 Å². The van der Waals surface area contributed by atoms with E-state index in [-0.39, 0.29) is 18.6 Å². The summed E-state index contributed by atoms with van der Waals surface area (Å²) >= 11 is 12.6. The first kappa shape index (κ1) is 34.0. The average Bonchev–Trinajstić information content (AvgIpc) is 3.00. The molecule has 2 aromatic rings. The number of carbonyl (C=O) groups is 2. The smallest absolute Gasteiger partial charge is 0.307 e. The monoisotopic (exact) mass is 619 g/mol. The lowest BCUT2D eigenvalue weighted by atomic mass is 10.1. The molecule has 0 aromatic heterocycles. The highest BCUT2D eigenvalue weighted by Gasteiger charge is 2.20. The fourth-order valence-electron chi connectivity index (χ4n) is 5.09. The molecule has 1 aliphatic rings. The van der Waals surface area contributed by atoms with Crippen LogP contribution in [0.15, 0.2) is 36.4 Å². The summed E-state index contributed by atoms with van der Waals surface area (Å²) in [5.41, 5.74) is 2.65. The fraction of sp³-hybridized carbons (Fsp3) is 0.576. The molecule has 0 aliphatic carbocycles. The van der Waals surface area contributed by atoms with E-state index in [9.17, 15) is 9.59 Å². The molecular formula is C33H47Cl2N3O4. The van der Waals surface area contributed by atoms with Gasteiger partial charge in [0.2, 0.25) is 5.91 Å². The Hall–Kier alpha value is -2.48. The first-order chi connectivity index (χ1) is 20.3. The van der Waals surface area contributed by atoms with Crippen LogP contribution in [0, 0.1) is 6.92 Å². The summed E-state index contributed by atoms with van der Waals surface area (Å²) in [5, 5.41) is 1.22. The summed E-state index contributed by atoms with van der Waals surface area (Å²) in [4.78, 5) is 31.4. The van der Waals surface area contributed by atoms with Crippen molar-refractivity contribution < 1.29 is 19.1 Å². The van der Waals surface area contributed by atoms with Gasteiger partial charge in [-0.15, -0.1) is 0 Å². The quantitative estimate of drug-likeness (QED) is 0.102. The molecule has 42 heavy (non-hydrogen) atoms. The van der Waals surface area contributed by atoms with Gasteiger partial charge in [0.05, 0.1) is 28.0 Å². The van der Waals surface area contributed by atoms with Crippen LogP contribution in [0.5, 0.6) is 5.75 Å². The maximum Gasteiger partial charge on any atom is 0.307 e. The van der Waals surface area contributed by atoms with Crippen LogP contribution in [0.1, 0.15) is 77.2 Å². The lowest BCUT2D eigenvalue weighted by Gasteiger charge is -2.36. The van der Waals surface area contributed by atoms with Crippen LogP contribution in [0.2, 0.25) is 10.0 Å². The average molecular weight is 621 g/mol. The Balaban J connectivity index is 1.42. The Morgan fingerprint density at radius 3 is 2.43 bits per heavy atom. The Morgan fingerprint density at radius 2 is 1.69 bits per heavy atom. The van der Waals surface area contributed by atoms with Crippen LogP contribution in [0.25, 0.3) is 0 Å². The Morgan fingerprint density at radius 1 is 0.929 bits per heavy atom. The second-order valence-corrected chi connectivity index (χ2v) is 11.7. The zero-order valence-electron chi connectivity index (χ0n) is 25.5. The third-order valence-corrected chi connectivity index (χ3v) is 8.50. The van der Waals surface area contributed by atoms with Crippen molar-refractivity contribution in [1.82, 2.24) is 4.90 Å². The van der Waals surface area contributed by atoms with Gasteiger partial charge >= 0.3 is 5.97 Å². The van der Waals surface area contributed by atoms with Crippen molar-refractivity contribution >= 4 is 46.5 Å². The van der Waals surface area contributed by atoms with Crippen molar-refractivity contribution in [3.63, 3.8) is 0 Å². The molecule has 0 unspecified atom stereocenters. The summed E-state index contributed by atoms with van der Waals surface area (Å²) < 4.78 is 11.6. The van der Waals surface area contributed by atoms with E-state index in [0.29, 0.717) is 40.9 Å². The first-order valence-corrected chi connectivity index (χ1v) is 16.2. The molecule has 2 aromatic carbocycles. The van der Waals surface area contributed by atoms with Crippen LogP contribution in [-0.4, -0.2) is 62.8 Å². The van der Waals surface area contributed by atoms with Crippen molar-refractivity contribution in [2.45, 2.75) is 78.6 Å². The first-order valence-electron chi connectivity index (χ1n) is 15.4. The van der Waals surface area contributed by atoms with E-state index >= 15 is 0 Å². The molecule has 7 nitrogen and oxygen atoms in total. The summed E-state index contributed by atoms with van der Waals surface area (Å²) in [6.45, 7) is 11.3. The predicted molar refractivity (Wildman–Crippen MR) is 173 cm³/mol. The Labute approximate surface area is 262 Å². The molecule has 1 aliphatic heterocycles. The summed E-state index contributed by atoms with van der Waals surface area (Å²) in [6, 6.07) is 11.5. The number of rotatable bonds is 17. The van der Waals surface area contributed by atoms with E-state index in [1.54, 1.807) is 4.90 Å². The minimum absolute atomic E-state index is 0.0818. The van der Waals surface area contributed by atoms with E-state index in [2.05, 4.69) is 16.7 Å². The van der Waals surface area contributed by atoms with Gasteiger partial charge in [0.25, 0.3) is 0 Å². The third kappa shape index (κ3) is 10.7. The number of esters is 1. The number of nitrogens with zero attached hydrogens (tertiary/aromatic N) is 3. The highest BCUT2D eigenvalue weighted by molar-refractivity contribution is 6.43. The van der Waals surface area contributed by atoms with Crippen molar-refractivity contribution in [2.24, 2.45) is 0 Å². The number of hydrogen-bond donors (Lipinski definition) is 0. The summed E-state index contributed by atoms with van der Waals surface area (Å²) in [5.74, 6) is 0.350. The van der Waals surface area contributed by atoms with Crippen molar-refractivity contribution in [3.8, 4) is 5.75 Å². The predicted octanol–water partition coefficient (Wildman–Crippen LogP) is 7.89. The maximum absolute atomic E-state index is 12.8. The number of piperazine rings is 1. The summed E-state index contributed by atoms with van der Waals surface area (Å²) in [6.07, 6.45) is 7.99. The van der Waals surface area contributed by atoms with E-state index in [4.69, 9.17) is 32.7 Å². The molecule has 3 rings (SSSR count). The zero-order chi connectivity index (χ0) is 30.3. The number of benzene rings is 2. The molecular weight excluding hydrogens is 573 g/mol. The largest absolute Gasteiger partial charge is 0.494 e. The van der Waals surface area contributed by atoms with Crippen molar-refractivity contribution in [2.75, 3.05) is 55.9 Å². The molecule has 232 valence electrons. The van der Waals surface area contributed by atoms with Gasteiger partial charge < -0.3 is 14.4 Å². The molecule has 0 spiro atoms. The molecule has 1 fully saturated rings. The maximum atomic E-state index is 12.8. The van der Waals surface area contributed by atoms with E-state index in [1.165, 1.54) is 12.8 Å². The Kier molecular flexibility index (Phi) is 14.8. The van der Waals surface area contributed by atoms with E-state index in [0.717, 1.165) is 76.1 Å². The zero-order valence-corrected chi connectivity index (χ0v) is 27.0. The van der Waals surface area contributed by atoms with Gasteiger partial charge in [0, 0.05) is 45.1 Å². The highest BCUT2D eigenvalue weighted by Crippen LogP contribution is 2.33. The standard InChI is InChI=1S/C33H47Cl2N3O4/c1-4-6-7-8-9-15-32(40)42-25-38(31(39)5-2)30-24-27(17-16-26(30)3)41-23-11-10-18-36-19-21-37(22-20-36)29-14-12-13-28(34)33(29)35/h12-14,16-17,24H,4-11,15,18-23,25H2,1-3H3. The second kappa shape index (κ2) is 18.2. The van der Waals surface area contributed by atoms with Gasteiger partial charge in [0.1, 0.15) is 5.75 Å². The van der Waals surface area contributed by atoms with Crippen LogP contribution >= 0.6 is 23.2 Å². The van der Waals surface area contributed by atoms with Crippen molar-refractivity contribution in [3.05, 3.63) is 52.0 Å². The van der Waals surface area contributed by atoms with Crippen LogP contribution < -0.4 is 14.5 Å². The highest BCUT2D eigenvalue weighted by atomic mass is 35.5. The van der Waals surface area contributed by atoms with Crippen LogP contribution in [0.3, 0.4) is 0 Å². The number of anilines is 2. The molecule has 0 saturated carbocycles. The lowest BCUT2D eigenvalue weighted by molar-refractivity contribution is -0.144. The minimum atomic E-state index is -0.264. The van der Waals surface area contributed by atoms with Gasteiger partial charge in [0.15, 0.2) is 6.73 Å². The van der Waals surface area contributed by atoms with E-state index in [1.807, 2.05) is 50.2 Å². The van der Waals surface area contributed by atoms with Crippen LogP contribution in [0.4, 0.5) is 11.4 Å². The molecule has 1 amide bonds. The number of unbranched alkanes of at least 4 members (excludes halogenated alkanes) is 5. The molecule has 0 atom stereocenters. The molecule has 0 radical (unpaired) electrons. The number of amides is 1. The molecule has 1 saturated heterocycles. The number of aryl methyl sites for hydroxylation is 1. The molecule has 9 heteroatoms. The number of hydrogen-bond acceptors (Lipinski definition) is 6. The van der Waals surface area contributed by atoms with Gasteiger partial charge in [-0.3, -0.25) is 19.4 Å². The fourth-order valence-corrected chi connectivity index (χ4v) is 5.51. The number of ether oxygens (including phenoxy) is 2. The summed E-state index contributed by atoms with van der Waals surface area (Å²) in [7, 11) is 0.